The quantitative estimate of drug-likeness (QED) is 0.718. The van der Waals surface area contributed by atoms with Crippen molar-refractivity contribution in [1.82, 2.24) is 9.71 Å². The molecule has 1 fully saturated rings. The number of hydrogen-bond acceptors (Lipinski definition) is 5. The van der Waals surface area contributed by atoms with E-state index in [1.165, 1.54) is 29.9 Å². The van der Waals surface area contributed by atoms with Crippen LogP contribution < -0.4 is 4.72 Å². The maximum absolute atomic E-state index is 12.6. The van der Waals surface area contributed by atoms with Gasteiger partial charge in [-0.15, -0.1) is 11.3 Å². The van der Waals surface area contributed by atoms with E-state index in [0.717, 1.165) is 35.9 Å². The van der Waals surface area contributed by atoms with E-state index >= 15 is 0 Å². The average Bonchev–Trinajstić information content (AvgIpc) is 3.02. The Morgan fingerprint density at radius 1 is 1.25 bits per heavy atom. The van der Waals surface area contributed by atoms with Crippen LogP contribution in [0.5, 0.6) is 0 Å². The maximum atomic E-state index is 12.6. The SMILES string of the molecule is CCCCSC1CCC(NS(=O)(=O)c2nc3ccccc3s2)CC1. The summed E-state index contributed by atoms with van der Waals surface area (Å²) in [6.07, 6.45) is 6.56. The zero-order valence-electron chi connectivity index (χ0n) is 13.9. The van der Waals surface area contributed by atoms with Gasteiger partial charge in [0.1, 0.15) is 0 Å². The molecule has 7 heteroatoms. The lowest BCUT2D eigenvalue weighted by Gasteiger charge is -2.28. The Kier molecular flexibility index (Phi) is 6.18. The van der Waals surface area contributed by atoms with Crippen LogP contribution in [0.15, 0.2) is 28.6 Å². The number of thioether (sulfide) groups is 1. The summed E-state index contributed by atoms with van der Waals surface area (Å²) in [6.45, 7) is 2.22. The van der Waals surface area contributed by atoms with Crippen molar-refractivity contribution in [2.75, 3.05) is 5.75 Å². The first-order valence-electron chi connectivity index (χ1n) is 8.58. The molecule has 1 saturated carbocycles. The van der Waals surface area contributed by atoms with Crippen molar-refractivity contribution in [1.29, 1.82) is 0 Å². The molecule has 0 radical (unpaired) electrons. The van der Waals surface area contributed by atoms with Gasteiger partial charge in [0.05, 0.1) is 10.2 Å². The Labute approximate surface area is 152 Å². The van der Waals surface area contributed by atoms with Crippen molar-refractivity contribution in [2.45, 2.75) is 61.1 Å². The Morgan fingerprint density at radius 3 is 2.71 bits per heavy atom. The van der Waals surface area contributed by atoms with E-state index in [2.05, 4.69) is 28.4 Å². The van der Waals surface area contributed by atoms with Crippen LogP contribution in [0.2, 0.25) is 0 Å². The van der Waals surface area contributed by atoms with Crippen molar-refractivity contribution in [3.05, 3.63) is 24.3 Å². The van der Waals surface area contributed by atoms with Crippen LogP contribution >= 0.6 is 23.1 Å². The molecule has 1 aliphatic carbocycles. The van der Waals surface area contributed by atoms with Crippen molar-refractivity contribution in [3.8, 4) is 0 Å². The van der Waals surface area contributed by atoms with Gasteiger partial charge in [0.25, 0.3) is 10.0 Å². The minimum atomic E-state index is -3.51. The second kappa shape index (κ2) is 8.17. The van der Waals surface area contributed by atoms with Crippen molar-refractivity contribution < 1.29 is 8.42 Å². The normalized spacial score (nSPS) is 22.0. The van der Waals surface area contributed by atoms with E-state index in [1.807, 2.05) is 24.3 Å². The minimum absolute atomic E-state index is 0.0463. The summed E-state index contributed by atoms with van der Waals surface area (Å²) in [5.74, 6) is 1.23. The van der Waals surface area contributed by atoms with E-state index < -0.39 is 10.0 Å². The summed E-state index contributed by atoms with van der Waals surface area (Å²) in [6, 6.07) is 7.59. The molecule has 0 bridgehead atoms. The smallest absolute Gasteiger partial charge is 0.224 e. The molecule has 3 rings (SSSR count). The summed E-state index contributed by atoms with van der Waals surface area (Å²) in [4.78, 5) is 4.28. The number of thiazole rings is 1. The van der Waals surface area contributed by atoms with Gasteiger partial charge in [-0.25, -0.2) is 18.1 Å². The highest BCUT2D eigenvalue weighted by atomic mass is 32.2. The number of hydrogen-bond donors (Lipinski definition) is 1. The first-order valence-corrected chi connectivity index (χ1v) is 11.9. The van der Waals surface area contributed by atoms with Gasteiger partial charge in [-0.1, -0.05) is 25.5 Å². The molecule has 0 saturated heterocycles. The molecule has 132 valence electrons. The molecule has 0 spiro atoms. The number of nitrogens with zero attached hydrogens (tertiary/aromatic N) is 1. The van der Waals surface area contributed by atoms with Crippen molar-refractivity contribution >= 4 is 43.3 Å². The lowest BCUT2D eigenvalue weighted by atomic mass is 9.96. The van der Waals surface area contributed by atoms with E-state index in [1.54, 1.807) is 0 Å². The lowest BCUT2D eigenvalue weighted by Crippen LogP contribution is -2.38. The van der Waals surface area contributed by atoms with Crippen LogP contribution in [0.3, 0.4) is 0 Å². The minimum Gasteiger partial charge on any atom is -0.224 e. The predicted octanol–water partition coefficient (Wildman–Crippen LogP) is 4.42. The van der Waals surface area contributed by atoms with Gasteiger partial charge < -0.3 is 0 Å². The van der Waals surface area contributed by atoms with Crippen LogP contribution in [-0.2, 0) is 10.0 Å². The fourth-order valence-corrected chi connectivity index (χ4v) is 6.92. The summed E-state index contributed by atoms with van der Waals surface area (Å²) in [5.41, 5.74) is 0.749. The van der Waals surface area contributed by atoms with E-state index in [0.29, 0.717) is 5.25 Å². The van der Waals surface area contributed by atoms with Crippen LogP contribution in [-0.4, -0.2) is 30.4 Å². The molecular weight excluding hydrogens is 360 g/mol. The number of para-hydroxylation sites is 1. The first kappa shape index (κ1) is 18.2. The molecule has 1 aromatic carbocycles. The average molecular weight is 385 g/mol. The summed E-state index contributed by atoms with van der Waals surface area (Å²) < 4.78 is 29.2. The molecule has 1 heterocycles. The molecule has 1 N–H and O–H groups in total. The summed E-state index contributed by atoms with van der Waals surface area (Å²) in [7, 11) is -3.51. The monoisotopic (exact) mass is 384 g/mol. The van der Waals surface area contributed by atoms with Crippen LogP contribution in [0.1, 0.15) is 45.4 Å². The third-order valence-electron chi connectivity index (χ3n) is 4.35. The number of unbranched alkanes of at least 4 members (excludes halogenated alkanes) is 1. The number of aromatic nitrogens is 1. The second-order valence-electron chi connectivity index (χ2n) is 6.27. The standard InChI is InChI=1S/C17H24N2O2S3/c1-2-3-12-22-14-10-8-13(9-11-14)19-24(20,21)17-18-15-6-4-5-7-16(15)23-17/h4-7,13-14,19H,2-3,8-12H2,1H3. The number of benzene rings is 1. The molecule has 24 heavy (non-hydrogen) atoms. The zero-order valence-corrected chi connectivity index (χ0v) is 16.4. The van der Waals surface area contributed by atoms with E-state index in [9.17, 15) is 8.42 Å². The molecule has 4 nitrogen and oxygen atoms in total. The lowest BCUT2D eigenvalue weighted by molar-refractivity contribution is 0.419. The summed E-state index contributed by atoms with van der Waals surface area (Å²) >= 11 is 3.30. The molecule has 0 aliphatic heterocycles. The molecule has 2 aromatic rings. The molecular formula is C17H24N2O2S3. The Balaban J connectivity index is 1.57. The highest BCUT2D eigenvalue weighted by Gasteiger charge is 2.27. The Bertz CT molecular complexity index is 732. The fourth-order valence-electron chi connectivity index (χ4n) is 2.98. The Hall–Kier alpha value is -0.630. The topological polar surface area (TPSA) is 59.1 Å². The van der Waals surface area contributed by atoms with Crippen LogP contribution in [0, 0.1) is 0 Å². The van der Waals surface area contributed by atoms with Gasteiger partial charge in [-0.3, -0.25) is 0 Å². The van der Waals surface area contributed by atoms with Crippen LogP contribution in [0.4, 0.5) is 0 Å². The van der Waals surface area contributed by atoms with Gasteiger partial charge in [-0.05, 0) is 50.0 Å². The third-order valence-corrected chi connectivity index (χ3v) is 8.75. The molecule has 1 aliphatic rings. The van der Waals surface area contributed by atoms with Gasteiger partial charge in [-0.2, -0.15) is 11.8 Å². The number of rotatable bonds is 7. The van der Waals surface area contributed by atoms with Gasteiger partial charge >= 0.3 is 0 Å². The van der Waals surface area contributed by atoms with Gasteiger partial charge in [0.15, 0.2) is 0 Å². The summed E-state index contributed by atoms with van der Waals surface area (Å²) in [5, 5.41) is 0.694. The maximum Gasteiger partial charge on any atom is 0.268 e. The first-order chi connectivity index (χ1) is 11.6. The largest absolute Gasteiger partial charge is 0.268 e. The van der Waals surface area contributed by atoms with Crippen LogP contribution in [0.25, 0.3) is 10.2 Å². The molecule has 0 atom stereocenters. The van der Waals surface area contributed by atoms with E-state index in [-0.39, 0.29) is 10.4 Å². The molecule has 0 amide bonds. The third kappa shape index (κ3) is 4.50. The number of sulfonamides is 1. The number of nitrogens with one attached hydrogen (secondary N) is 1. The van der Waals surface area contributed by atoms with Crippen molar-refractivity contribution in [2.24, 2.45) is 0 Å². The highest BCUT2D eigenvalue weighted by molar-refractivity contribution is 7.99. The molecule has 0 unspecified atom stereocenters. The van der Waals surface area contributed by atoms with E-state index in [4.69, 9.17) is 0 Å². The second-order valence-corrected chi connectivity index (χ2v) is 10.6. The van der Waals surface area contributed by atoms with Crippen molar-refractivity contribution in [3.63, 3.8) is 0 Å². The number of fused-ring (bicyclic) bond motifs is 1. The highest BCUT2D eigenvalue weighted by Crippen LogP contribution is 2.31. The zero-order chi connectivity index (χ0) is 17.0. The van der Waals surface area contributed by atoms with Gasteiger partial charge in [0, 0.05) is 11.3 Å². The Morgan fingerprint density at radius 2 is 2.00 bits per heavy atom. The fraction of sp³-hybridized carbons (Fsp3) is 0.588. The molecule has 1 aromatic heterocycles. The van der Waals surface area contributed by atoms with Gasteiger partial charge in [0.2, 0.25) is 4.34 Å². The predicted molar refractivity (Wildman–Crippen MR) is 103 cm³/mol.